The first-order valence-electron chi connectivity index (χ1n) is 8.42. The van der Waals surface area contributed by atoms with Gasteiger partial charge in [-0.25, -0.2) is 9.97 Å². The van der Waals surface area contributed by atoms with E-state index in [9.17, 15) is 4.79 Å². The molecular formula is C16H27N5O3. The quantitative estimate of drug-likeness (QED) is 0.540. The Morgan fingerprint density at radius 2 is 2.17 bits per heavy atom. The molecule has 8 nitrogen and oxygen atoms in total. The SMILES string of the molecule is CCOC(=O)C1CCN(c2ncnc(NCCCOC)c2N)CC1. The van der Waals surface area contributed by atoms with Gasteiger partial charge in [0.2, 0.25) is 0 Å². The van der Waals surface area contributed by atoms with Crippen LogP contribution in [0.4, 0.5) is 17.3 Å². The van der Waals surface area contributed by atoms with E-state index in [0.29, 0.717) is 24.7 Å². The number of aromatic nitrogens is 2. The maximum Gasteiger partial charge on any atom is 0.309 e. The molecule has 0 saturated carbocycles. The van der Waals surface area contributed by atoms with Gasteiger partial charge in [-0.3, -0.25) is 4.79 Å². The summed E-state index contributed by atoms with van der Waals surface area (Å²) in [7, 11) is 1.68. The molecule has 2 heterocycles. The predicted molar refractivity (Wildman–Crippen MR) is 93.0 cm³/mol. The van der Waals surface area contributed by atoms with Crippen molar-refractivity contribution >= 4 is 23.3 Å². The van der Waals surface area contributed by atoms with Crippen molar-refractivity contribution in [2.45, 2.75) is 26.2 Å². The molecule has 2 rings (SSSR count). The van der Waals surface area contributed by atoms with E-state index in [1.165, 1.54) is 6.33 Å². The van der Waals surface area contributed by atoms with Gasteiger partial charge in [-0.05, 0) is 26.2 Å². The van der Waals surface area contributed by atoms with Crippen molar-refractivity contribution in [3.05, 3.63) is 6.33 Å². The Morgan fingerprint density at radius 3 is 2.83 bits per heavy atom. The number of piperidine rings is 1. The Labute approximate surface area is 142 Å². The van der Waals surface area contributed by atoms with Crippen LogP contribution in [0, 0.1) is 5.92 Å². The van der Waals surface area contributed by atoms with Crippen molar-refractivity contribution in [2.24, 2.45) is 5.92 Å². The third kappa shape index (κ3) is 4.70. The lowest BCUT2D eigenvalue weighted by Crippen LogP contribution is -2.38. The maximum atomic E-state index is 11.8. The lowest BCUT2D eigenvalue weighted by molar-refractivity contribution is -0.148. The molecule has 0 aliphatic carbocycles. The van der Waals surface area contributed by atoms with Crippen LogP contribution >= 0.6 is 0 Å². The highest BCUT2D eigenvalue weighted by Gasteiger charge is 2.27. The van der Waals surface area contributed by atoms with E-state index in [1.54, 1.807) is 7.11 Å². The molecule has 1 aromatic rings. The zero-order valence-corrected chi connectivity index (χ0v) is 14.5. The Kier molecular flexibility index (Phi) is 7.05. The Bertz CT molecular complexity index is 532. The molecule has 1 aliphatic heterocycles. The van der Waals surface area contributed by atoms with E-state index in [0.717, 1.165) is 44.7 Å². The minimum absolute atomic E-state index is 0.0316. The van der Waals surface area contributed by atoms with Gasteiger partial charge in [-0.1, -0.05) is 0 Å². The maximum absolute atomic E-state index is 11.8. The van der Waals surface area contributed by atoms with E-state index >= 15 is 0 Å². The summed E-state index contributed by atoms with van der Waals surface area (Å²) >= 11 is 0. The highest BCUT2D eigenvalue weighted by Crippen LogP contribution is 2.30. The second-order valence-corrected chi connectivity index (χ2v) is 5.75. The molecule has 0 spiro atoms. The van der Waals surface area contributed by atoms with Crippen molar-refractivity contribution < 1.29 is 14.3 Å². The predicted octanol–water partition coefficient (Wildman–Crippen LogP) is 1.29. The van der Waals surface area contributed by atoms with Crippen LogP contribution in [0.2, 0.25) is 0 Å². The molecule has 0 amide bonds. The number of methoxy groups -OCH3 is 1. The average Bonchev–Trinajstić information content (AvgIpc) is 2.60. The summed E-state index contributed by atoms with van der Waals surface area (Å²) in [5.74, 6) is 1.23. The number of nitrogen functional groups attached to an aromatic ring is 1. The molecule has 3 N–H and O–H groups in total. The van der Waals surface area contributed by atoms with Crippen molar-refractivity contribution in [3.8, 4) is 0 Å². The molecule has 24 heavy (non-hydrogen) atoms. The van der Waals surface area contributed by atoms with E-state index in [4.69, 9.17) is 15.2 Å². The molecule has 0 radical (unpaired) electrons. The fraction of sp³-hybridized carbons (Fsp3) is 0.688. The van der Waals surface area contributed by atoms with Gasteiger partial charge >= 0.3 is 5.97 Å². The number of nitrogens with one attached hydrogen (secondary N) is 1. The van der Waals surface area contributed by atoms with Gasteiger partial charge in [0, 0.05) is 33.4 Å². The molecule has 0 aromatic carbocycles. The van der Waals surface area contributed by atoms with Gasteiger partial charge < -0.3 is 25.4 Å². The molecule has 0 bridgehead atoms. The monoisotopic (exact) mass is 337 g/mol. The van der Waals surface area contributed by atoms with Crippen LogP contribution in [0.1, 0.15) is 26.2 Å². The number of hydrogen-bond acceptors (Lipinski definition) is 8. The Hall–Kier alpha value is -2.09. The van der Waals surface area contributed by atoms with Crippen LogP contribution in [-0.2, 0) is 14.3 Å². The molecule has 1 saturated heterocycles. The number of anilines is 3. The number of ether oxygens (including phenoxy) is 2. The summed E-state index contributed by atoms with van der Waals surface area (Å²) < 4.78 is 10.1. The van der Waals surface area contributed by atoms with Crippen molar-refractivity contribution in [1.29, 1.82) is 0 Å². The average molecular weight is 337 g/mol. The van der Waals surface area contributed by atoms with Crippen LogP contribution in [-0.4, -0.2) is 55.9 Å². The van der Waals surface area contributed by atoms with E-state index in [1.807, 2.05) is 6.92 Å². The normalized spacial score (nSPS) is 15.3. The van der Waals surface area contributed by atoms with Crippen LogP contribution < -0.4 is 16.0 Å². The molecule has 0 unspecified atom stereocenters. The summed E-state index contributed by atoms with van der Waals surface area (Å²) in [6, 6.07) is 0. The first-order valence-corrected chi connectivity index (χ1v) is 8.42. The first-order chi connectivity index (χ1) is 11.7. The van der Waals surface area contributed by atoms with Crippen LogP contribution in [0.25, 0.3) is 0 Å². The minimum atomic E-state index is -0.103. The van der Waals surface area contributed by atoms with Gasteiger partial charge in [-0.2, -0.15) is 0 Å². The number of nitrogens with two attached hydrogens (primary N) is 1. The lowest BCUT2D eigenvalue weighted by Gasteiger charge is -2.32. The summed E-state index contributed by atoms with van der Waals surface area (Å²) in [5.41, 5.74) is 6.76. The van der Waals surface area contributed by atoms with Gasteiger partial charge in [-0.15, -0.1) is 0 Å². The molecule has 1 fully saturated rings. The number of rotatable bonds is 8. The highest BCUT2D eigenvalue weighted by atomic mass is 16.5. The number of carbonyl (C=O) groups is 1. The van der Waals surface area contributed by atoms with Gasteiger partial charge in [0.1, 0.15) is 12.0 Å². The standard InChI is InChI=1S/C16H27N5O3/c1-3-24-16(22)12-5-8-21(9-6-12)15-13(17)14(19-11-20-15)18-7-4-10-23-2/h11-12H,3-10,17H2,1-2H3,(H,18,19,20). The molecule has 1 aromatic heterocycles. The molecule has 8 heteroatoms. The second-order valence-electron chi connectivity index (χ2n) is 5.75. The molecule has 134 valence electrons. The Morgan fingerprint density at radius 1 is 1.42 bits per heavy atom. The van der Waals surface area contributed by atoms with E-state index in [2.05, 4.69) is 20.2 Å². The minimum Gasteiger partial charge on any atom is -0.466 e. The zero-order valence-electron chi connectivity index (χ0n) is 14.5. The Balaban J connectivity index is 1.94. The number of esters is 1. The van der Waals surface area contributed by atoms with Crippen LogP contribution in [0.15, 0.2) is 6.33 Å². The van der Waals surface area contributed by atoms with Crippen LogP contribution in [0.3, 0.4) is 0 Å². The summed E-state index contributed by atoms with van der Waals surface area (Å²) in [6.45, 7) is 5.14. The van der Waals surface area contributed by atoms with Crippen LogP contribution in [0.5, 0.6) is 0 Å². The van der Waals surface area contributed by atoms with E-state index in [-0.39, 0.29) is 11.9 Å². The van der Waals surface area contributed by atoms with Crippen molar-refractivity contribution in [2.75, 3.05) is 55.9 Å². The number of nitrogens with zero attached hydrogens (tertiary/aromatic N) is 3. The third-order valence-corrected chi connectivity index (χ3v) is 4.09. The van der Waals surface area contributed by atoms with Crippen molar-refractivity contribution in [1.82, 2.24) is 9.97 Å². The summed E-state index contributed by atoms with van der Waals surface area (Å²) in [4.78, 5) is 22.5. The number of carbonyl (C=O) groups excluding carboxylic acids is 1. The highest BCUT2D eigenvalue weighted by molar-refractivity contribution is 5.76. The summed E-state index contributed by atoms with van der Waals surface area (Å²) in [6.07, 6.45) is 3.89. The number of hydrogen-bond donors (Lipinski definition) is 2. The topological polar surface area (TPSA) is 103 Å². The van der Waals surface area contributed by atoms with Gasteiger partial charge in [0.05, 0.1) is 12.5 Å². The summed E-state index contributed by atoms with van der Waals surface area (Å²) in [5, 5.41) is 3.21. The molecule has 0 atom stereocenters. The smallest absolute Gasteiger partial charge is 0.309 e. The van der Waals surface area contributed by atoms with Crippen molar-refractivity contribution in [3.63, 3.8) is 0 Å². The first kappa shape index (κ1) is 18.3. The fourth-order valence-electron chi connectivity index (χ4n) is 2.79. The third-order valence-electron chi connectivity index (χ3n) is 4.09. The molecule has 1 aliphatic rings. The van der Waals surface area contributed by atoms with Gasteiger partial charge in [0.25, 0.3) is 0 Å². The lowest BCUT2D eigenvalue weighted by atomic mass is 9.97. The zero-order chi connectivity index (χ0) is 17.4. The molecular weight excluding hydrogens is 310 g/mol. The second kappa shape index (κ2) is 9.27. The largest absolute Gasteiger partial charge is 0.466 e. The van der Waals surface area contributed by atoms with E-state index < -0.39 is 0 Å². The van der Waals surface area contributed by atoms with Gasteiger partial charge in [0.15, 0.2) is 11.6 Å². The fourth-order valence-corrected chi connectivity index (χ4v) is 2.79.